The summed E-state index contributed by atoms with van der Waals surface area (Å²) < 4.78 is 38.5. The number of ether oxygens (including phenoxy) is 1. The van der Waals surface area contributed by atoms with E-state index in [0.29, 0.717) is 45.0 Å². The van der Waals surface area contributed by atoms with Crippen LogP contribution in [0.1, 0.15) is 35.0 Å². The van der Waals surface area contributed by atoms with E-state index in [4.69, 9.17) is 20.8 Å². The van der Waals surface area contributed by atoms with E-state index in [2.05, 4.69) is 4.98 Å². The van der Waals surface area contributed by atoms with Crippen molar-refractivity contribution < 1.29 is 22.4 Å². The molecule has 3 aromatic rings. The average molecular weight is 490 g/mol. The number of hydrogen-bond acceptors (Lipinski definition) is 6. The molecule has 174 valence electrons. The van der Waals surface area contributed by atoms with Crippen molar-refractivity contribution in [1.29, 1.82) is 0 Å². The van der Waals surface area contributed by atoms with Crippen LogP contribution in [0.2, 0.25) is 5.02 Å². The minimum absolute atomic E-state index is 0.0681. The average Bonchev–Trinajstić information content (AvgIpc) is 3.29. The maximum absolute atomic E-state index is 13.2. The first-order valence-electron chi connectivity index (χ1n) is 11.0. The third-order valence-electron chi connectivity index (χ3n) is 6.22. The van der Waals surface area contributed by atoms with E-state index in [-0.39, 0.29) is 40.4 Å². The zero-order valence-corrected chi connectivity index (χ0v) is 19.5. The summed E-state index contributed by atoms with van der Waals surface area (Å²) in [5, 5.41) is 0.238. The van der Waals surface area contributed by atoms with E-state index < -0.39 is 10.0 Å². The van der Waals surface area contributed by atoms with Gasteiger partial charge in [0, 0.05) is 32.1 Å². The Hall–Kier alpha value is -2.46. The summed E-state index contributed by atoms with van der Waals surface area (Å²) in [7, 11) is -3.72. The van der Waals surface area contributed by atoms with Gasteiger partial charge in [-0.2, -0.15) is 4.31 Å². The molecule has 33 heavy (non-hydrogen) atoms. The Morgan fingerprint density at radius 3 is 2.48 bits per heavy atom. The summed E-state index contributed by atoms with van der Waals surface area (Å²) in [5.74, 6) is 0.555. The highest BCUT2D eigenvalue weighted by atomic mass is 35.5. The predicted octanol–water partition coefficient (Wildman–Crippen LogP) is 3.52. The minimum atomic E-state index is -3.72. The molecule has 10 heteroatoms. The maximum Gasteiger partial charge on any atom is 0.255 e. The Balaban J connectivity index is 1.31. The second kappa shape index (κ2) is 9.06. The molecule has 5 rings (SSSR count). The van der Waals surface area contributed by atoms with Gasteiger partial charge in [-0.25, -0.2) is 13.4 Å². The molecule has 8 nitrogen and oxygen atoms in total. The Morgan fingerprint density at radius 2 is 1.76 bits per heavy atom. The van der Waals surface area contributed by atoms with Gasteiger partial charge in [-0.15, -0.1) is 0 Å². The van der Waals surface area contributed by atoms with Crippen LogP contribution in [0.3, 0.4) is 0 Å². The Kier molecular flexibility index (Phi) is 6.13. The molecule has 2 fully saturated rings. The van der Waals surface area contributed by atoms with Gasteiger partial charge in [0.2, 0.25) is 10.0 Å². The molecule has 0 spiro atoms. The zero-order chi connectivity index (χ0) is 23.0. The van der Waals surface area contributed by atoms with E-state index in [1.165, 1.54) is 22.5 Å². The smallest absolute Gasteiger partial charge is 0.255 e. The number of fused-ring (bicyclic) bond motifs is 1. The van der Waals surface area contributed by atoms with Gasteiger partial charge in [0.15, 0.2) is 11.5 Å². The van der Waals surface area contributed by atoms with Crippen molar-refractivity contribution in [2.24, 2.45) is 0 Å². The van der Waals surface area contributed by atoms with Gasteiger partial charge in [0.05, 0.1) is 28.7 Å². The van der Waals surface area contributed by atoms with Gasteiger partial charge in [-0.1, -0.05) is 23.7 Å². The highest BCUT2D eigenvalue weighted by molar-refractivity contribution is 7.89. The number of benzene rings is 2. The van der Waals surface area contributed by atoms with Gasteiger partial charge >= 0.3 is 0 Å². The molecule has 0 atom stereocenters. The zero-order valence-electron chi connectivity index (χ0n) is 17.9. The first kappa shape index (κ1) is 22.3. The number of hydrogen-bond donors (Lipinski definition) is 0. The molecule has 3 heterocycles. The molecule has 0 bridgehead atoms. The van der Waals surface area contributed by atoms with Gasteiger partial charge in [0.1, 0.15) is 5.52 Å². The molecular weight excluding hydrogens is 466 g/mol. The van der Waals surface area contributed by atoms with Gasteiger partial charge in [-0.3, -0.25) is 4.79 Å². The molecule has 0 radical (unpaired) electrons. The molecule has 0 saturated carbocycles. The lowest BCUT2D eigenvalue weighted by molar-refractivity contribution is 0.0705. The Morgan fingerprint density at radius 1 is 1.03 bits per heavy atom. The number of sulfonamides is 1. The number of halogens is 1. The number of para-hydroxylation sites is 2. The summed E-state index contributed by atoms with van der Waals surface area (Å²) in [6, 6.07) is 12.0. The van der Waals surface area contributed by atoms with Gasteiger partial charge in [0.25, 0.3) is 5.91 Å². The van der Waals surface area contributed by atoms with Crippen molar-refractivity contribution in [3.05, 3.63) is 58.9 Å². The largest absolute Gasteiger partial charge is 0.440 e. The van der Waals surface area contributed by atoms with E-state index in [0.717, 1.165) is 11.1 Å². The normalized spacial score (nSPS) is 18.6. The number of carbonyl (C=O) groups is 1. The highest BCUT2D eigenvalue weighted by Gasteiger charge is 2.31. The van der Waals surface area contributed by atoms with Gasteiger partial charge < -0.3 is 14.1 Å². The SMILES string of the molecule is O=C(c1cc(S(=O)(=O)N2CCOCC2)ccc1Cl)N1CCC(c2nc3ccccc3o2)CC1. The van der Waals surface area contributed by atoms with E-state index >= 15 is 0 Å². The molecule has 1 amide bonds. The van der Waals surface area contributed by atoms with E-state index in [1.54, 1.807) is 4.90 Å². The minimum Gasteiger partial charge on any atom is -0.440 e. The molecule has 0 N–H and O–H groups in total. The molecule has 2 aliphatic heterocycles. The second-order valence-electron chi connectivity index (χ2n) is 8.24. The number of morpholine rings is 1. The third-order valence-corrected chi connectivity index (χ3v) is 8.44. The summed E-state index contributed by atoms with van der Waals surface area (Å²) in [6.45, 7) is 2.31. The third kappa shape index (κ3) is 4.38. The van der Waals surface area contributed by atoms with Crippen molar-refractivity contribution in [1.82, 2.24) is 14.2 Å². The van der Waals surface area contributed by atoms with Crippen molar-refractivity contribution in [3.63, 3.8) is 0 Å². The van der Waals surface area contributed by atoms with Crippen molar-refractivity contribution in [2.45, 2.75) is 23.7 Å². The first-order valence-corrected chi connectivity index (χ1v) is 12.8. The number of aromatic nitrogens is 1. The van der Waals surface area contributed by atoms with Crippen LogP contribution >= 0.6 is 11.6 Å². The van der Waals surface area contributed by atoms with Crippen LogP contribution in [0.15, 0.2) is 51.8 Å². The topological polar surface area (TPSA) is 93.0 Å². The molecule has 0 aliphatic carbocycles. The first-order chi connectivity index (χ1) is 15.9. The molecule has 1 aromatic heterocycles. The maximum atomic E-state index is 13.2. The Labute approximate surface area is 197 Å². The number of carbonyl (C=O) groups excluding carboxylic acids is 1. The fraction of sp³-hybridized carbons (Fsp3) is 0.391. The number of piperidine rings is 1. The van der Waals surface area contributed by atoms with Crippen LogP contribution in [-0.4, -0.2) is 67.9 Å². The van der Waals surface area contributed by atoms with Crippen molar-refractivity contribution >= 4 is 38.6 Å². The summed E-state index contributed by atoms with van der Waals surface area (Å²) >= 11 is 6.31. The second-order valence-corrected chi connectivity index (χ2v) is 10.6. The summed E-state index contributed by atoms with van der Waals surface area (Å²) in [6.07, 6.45) is 1.42. The van der Waals surface area contributed by atoms with E-state index in [9.17, 15) is 13.2 Å². The lowest BCUT2D eigenvalue weighted by Crippen LogP contribution is -2.41. The van der Waals surface area contributed by atoms with Crippen LogP contribution < -0.4 is 0 Å². The fourth-order valence-corrected chi connectivity index (χ4v) is 5.96. The lowest BCUT2D eigenvalue weighted by Gasteiger charge is -2.31. The molecule has 2 aliphatic rings. The lowest BCUT2D eigenvalue weighted by atomic mass is 9.96. The quantitative estimate of drug-likeness (QED) is 0.556. The van der Waals surface area contributed by atoms with Crippen molar-refractivity contribution in [2.75, 3.05) is 39.4 Å². The summed E-state index contributed by atoms with van der Waals surface area (Å²) in [5.41, 5.74) is 1.79. The molecule has 2 aromatic carbocycles. The van der Waals surface area contributed by atoms with Gasteiger partial charge in [-0.05, 0) is 43.2 Å². The number of likely N-dealkylation sites (tertiary alicyclic amines) is 1. The van der Waals surface area contributed by atoms with Crippen LogP contribution in [0, 0.1) is 0 Å². The van der Waals surface area contributed by atoms with E-state index in [1.807, 2.05) is 24.3 Å². The highest BCUT2D eigenvalue weighted by Crippen LogP contribution is 2.31. The monoisotopic (exact) mass is 489 g/mol. The van der Waals surface area contributed by atoms with Crippen molar-refractivity contribution in [3.8, 4) is 0 Å². The summed E-state index contributed by atoms with van der Waals surface area (Å²) in [4.78, 5) is 19.6. The number of oxazole rings is 1. The fourth-order valence-electron chi connectivity index (χ4n) is 4.33. The predicted molar refractivity (Wildman–Crippen MR) is 123 cm³/mol. The van der Waals surface area contributed by atoms with Crippen LogP contribution in [0.4, 0.5) is 0 Å². The number of rotatable bonds is 4. The number of amides is 1. The Bertz CT molecular complexity index is 1250. The molecular formula is C23H24ClN3O5S. The molecule has 2 saturated heterocycles. The van der Waals surface area contributed by atoms with Crippen LogP contribution in [0.5, 0.6) is 0 Å². The van der Waals surface area contributed by atoms with Crippen LogP contribution in [0.25, 0.3) is 11.1 Å². The standard InChI is InChI=1S/C23H24ClN3O5S/c24-19-6-5-17(33(29,30)27-11-13-31-14-12-27)15-18(19)23(28)26-9-7-16(8-10-26)22-25-20-3-1-2-4-21(20)32-22/h1-6,15-16H,7-14H2. The number of nitrogens with zero attached hydrogens (tertiary/aromatic N) is 3. The molecule has 0 unspecified atom stereocenters. The van der Waals surface area contributed by atoms with Crippen LogP contribution in [-0.2, 0) is 14.8 Å².